The van der Waals surface area contributed by atoms with Crippen molar-refractivity contribution in [3.63, 3.8) is 0 Å². The van der Waals surface area contributed by atoms with Gasteiger partial charge in [-0.25, -0.2) is 0 Å². The number of carbonyl (C=O) groups excluding carboxylic acids is 1. The maximum atomic E-state index is 11.5. The Labute approximate surface area is 87.5 Å². The second-order valence-electron chi connectivity index (χ2n) is 3.39. The highest BCUT2D eigenvalue weighted by Gasteiger charge is 2.11. The van der Waals surface area contributed by atoms with E-state index >= 15 is 0 Å². The number of benzene rings is 1. The zero-order valence-corrected chi connectivity index (χ0v) is 8.40. The first-order valence-electron chi connectivity index (χ1n) is 4.56. The van der Waals surface area contributed by atoms with Crippen molar-refractivity contribution in [2.24, 2.45) is 5.73 Å². The maximum absolute atomic E-state index is 11.5. The number of rotatable bonds is 3. The molecule has 5 nitrogen and oxygen atoms in total. The molecule has 0 aliphatic heterocycles. The molecule has 0 spiro atoms. The van der Waals surface area contributed by atoms with Crippen molar-refractivity contribution >= 4 is 5.91 Å². The Hall–Kier alpha value is -1.75. The van der Waals surface area contributed by atoms with Gasteiger partial charge in [0.1, 0.15) is 11.5 Å². The summed E-state index contributed by atoms with van der Waals surface area (Å²) in [5, 5.41) is 21.0. The smallest absolute Gasteiger partial charge is 0.255 e. The average Bonchev–Trinajstić information content (AvgIpc) is 2.18. The van der Waals surface area contributed by atoms with E-state index in [0.717, 1.165) is 0 Å². The highest BCUT2D eigenvalue weighted by atomic mass is 16.3. The van der Waals surface area contributed by atoms with Gasteiger partial charge in [-0.05, 0) is 25.1 Å². The molecule has 0 saturated carbocycles. The normalized spacial score (nSPS) is 12.1. The highest BCUT2D eigenvalue weighted by molar-refractivity contribution is 5.97. The highest BCUT2D eigenvalue weighted by Crippen LogP contribution is 2.21. The van der Waals surface area contributed by atoms with Crippen LogP contribution in [0.3, 0.4) is 0 Å². The first-order chi connectivity index (χ1) is 7.00. The molecule has 0 bridgehead atoms. The number of carbonyl (C=O) groups is 1. The van der Waals surface area contributed by atoms with Crippen LogP contribution in [0, 0.1) is 0 Å². The second-order valence-corrected chi connectivity index (χ2v) is 3.39. The van der Waals surface area contributed by atoms with Crippen molar-refractivity contribution in [3.8, 4) is 11.5 Å². The van der Waals surface area contributed by atoms with E-state index in [-0.39, 0.29) is 23.1 Å². The van der Waals surface area contributed by atoms with E-state index in [1.165, 1.54) is 18.2 Å². The van der Waals surface area contributed by atoms with Gasteiger partial charge in [0.2, 0.25) is 0 Å². The van der Waals surface area contributed by atoms with E-state index in [1.807, 2.05) is 0 Å². The quantitative estimate of drug-likeness (QED) is 0.535. The number of aromatic hydroxyl groups is 2. The average molecular weight is 210 g/mol. The molecule has 15 heavy (non-hydrogen) atoms. The molecule has 0 radical (unpaired) electrons. The second kappa shape index (κ2) is 4.65. The Morgan fingerprint density at radius 2 is 2.20 bits per heavy atom. The van der Waals surface area contributed by atoms with Crippen LogP contribution >= 0.6 is 0 Å². The molecule has 5 heteroatoms. The predicted octanol–water partition coefficient (Wildman–Crippen LogP) is 0.175. The van der Waals surface area contributed by atoms with Gasteiger partial charge in [0.15, 0.2) is 0 Å². The Morgan fingerprint density at radius 1 is 1.53 bits per heavy atom. The van der Waals surface area contributed by atoms with Crippen molar-refractivity contribution in [1.29, 1.82) is 0 Å². The van der Waals surface area contributed by atoms with Crippen LogP contribution in [0.4, 0.5) is 0 Å². The summed E-state index contributed by atoms with van der Waals surface area (Å²) < 4.78 is 0. The zero-order chi connectivity index (χ0) is 11.4. The Bertz CT molecular complexity index is 364. The third kappa shape index (κ3) is 3.14. The maximum Gasteiger partial charge on any atom is 0.255 e. The van der Waals surface area contributed by atoms with E-state index in [2.05, 4.69) is 5.32 Å². The number of phenolic OH excluding ortho intramolecular Hbond substituents is 2. The lowest BCUT2D eigenvalue weighted by Gasteiger charge is -2.08. The minimum atomic E-state index is -0.458. The lowest BCUT2D eigenvalue weighted by Crippen LogP contribution is -2.35. The number of hydrogen-bond donors (Lipinski definition) is 4. The summed E-state index contributed by atoms with van der Waals surface area (Å²) >= 11 is 0. The molecule has 1 aromatic rings. The molecular weight excluding hydrogens is 196 g/mol. The first kappa shape index (κ1) is 11.3. The monoisotopic (exact) mass is 210 g/mol. The summed E-state index contributed by atoms with van der Waals surface area (Å²) in [5.74, 6) is -0.700. The summed E-state index contributed by atoms with van der Waals surface area (Å²) in [6.07, 6.45) is 0. The van der Waals surface area contributed by atoms with Crippen LogP contribution in [-0.4, -0.2) is 28.7 Å². The summed E-state index contributed by atoms with van der Waals surface area (Å²) in [6, 6.07) is 3.60. The first-order valence-corrected chi connectivity index (χ1v) is 4.56. The fraction of sp³-hybridized carbons (Fsp3) is 0.300. The lowest BCUT2D eigenvalue weighted by molar-refractivity contribution is 0.0948. The summed E-state index contributed by atoms with van der Waals surface area (Å²) in [7, 11) is 0. The fourth-order valence-corrected chi connectivity index (χ4v) is 1.05. The number of nitrogens with two attached hydrogens (primary N) is 1. The predicted molar refractivity (Wildman–Crippen MR) is 55.8 cm³/mol. The summed E-state index contributed by atoms with van der Waals surface area (Å²) in [4.78, 5) is 11.5. The molecule has 0 aliphatic rings. The standard InChI is InChI=1S/C10H14N2O3/c1-6(11)5-12-10(15)8-4-7(13)2-3-9(8)14/h2-4,6,13-14H,5,11H2,1H3,(H,12,15). The molecule has 1 atom stereocenters. The van der Waals surface area contributed by atoms with Gasteiger partial charge in [-0.15, -0.1) is 0 Å². The van der Waals surface area contributed by atoms with Crippen molar-refractivity contribution in [1.82, 2.24) is 5.32 Å². The van der Waals surface area contributed by atoms with Gasteiger partial charge in [0.25, 0.3) is 5.91 Å². The summed E-state index contributed by atoms with van der Waals surface area (Å²) in [5.41, 5.74) is 5.50. The van der Waals surface area contributed by atoms with Crippen LogP contribution in [-0.2, 0) is 0 Å². The number of phenols is 2. The van der Waals surface area contributed by atoms with Gasteiger partial charge in [0.05, 0.1) is 5.56 Å². The van der Waals surface area contributed by atoms with E-state index in [0.29, 0.717) is 6.54 Å². The van der Waals surface area contributed by atoms with Crippen LogP contribution in [0.15, 0.2) is 18.2 Å². The Kier molecular flexibility index (Phi) is 3.51. The molecule has 0 aliphatic carbocycles. The molecule has 1 amide bonds. The molecule has 1 unspecified atom stereocenters. The molecule has 1 rings (SSSR count). The van der Waals surface area contributed by atoms with Gasteiger partial charge < -0.3 is 21.3 Å². The minimum Gasteiger partial charge on any atom is -0.508 e. The van der Waals surface area contributed by atoms with E-state index in [4.69, 9.17) is 10.8 Å². The summed E-state index contributed by atoms with van der Waals surface area (Å²) in [6.45, 7) is 2.07. The lowest BCUT2D eigenvalue weighted by atomic mass is 10.1. The molecule has 5 N–H and O–H groups in total. The molecule has 0 heterocycles. The third-order valence-electron chi connectivity index (χ3n) is 1.81. The zero-order valence-electron chi connectivity index (χ0n) is 8.40. The number of amides is 1. The Morgan fingerprint density at radius 3 is 2.80 bits per heavy atom. The van der Waals surface area contributed by atoms with Crippen molar-refractivity contribution in [3.05, 3.63) is 23.8 Å². The van der Waals surface area contributed by atoms with Crippen molar-refractivity contribution < 1.29 is 15.0 Å². The van der Waals surface area contributed by atoms with Crippen LogP contribution in [0.25, 0.3) is 0 Å². The van der Waals surface area contributed by atoms with Crippen LogP contribution < -0.4 is 11.1 Å². The van der Waals surface area contributed by atoms with Gasteiger partial charge in [0, 0.05) is 12.6 Å². The number of hydrogen-bond acceptors (Lipinski definition) is 4. The van der Waals surface area contributed by atoms with Crippen LogP contribution in [0.5, 0.6) is 11.5 Å². The third-order valence-corrected chi connectivity index (χ3v) is 1.81. The largest absolute Gasteiger partial charge is 0.508 e. The molecule has 0 saturated heterocycles. The van der Waals surface area contributed by atoms with Crippen LogP contribution in [0.1, 0.15) is 17.3 Å². The van der Waals surface area contributed by atoms with Crippen LogP contribution in [0.2, 0.25) is 0 Å². The SMILES string of the molecule is CC(N)CNC(=O)c1cc(O)ccc1O. The van der Waals surface area contributed by atoms with Gasteiger partial charge >= 0.3 is 0 Å². The molecular formula is C10H14N2O3. The van der Waals surface area contributed by atoms with Gasteiger partial charge in [-0.3, -0.25) is 4.79 Å². The van der Waals surface area contributed by atoms with Crippen molar-refractivity contribution in [2.75, 3.05) is 6.54 Å². The molecule has 1 aromatic carbocycles. The topological polar surface area (TPSA) is 95.6 Å². The van der Waals surface area contributed by atoms with Gasteiger partial charge in [-0.1, -0.05) is 0 Å². The molecule has 0 fully saturated rings. The van der Waals surface area contributed by atoms with E-state index < -0.39 is 5.91 Å². The molecule has 82 valence electrons. The number of nitrogens with one attached hydrogen (secondary N) is 1. The molecule has 0 aromatic heterocycles. The fourth-order valence-electron chi connectivity index (χ4n) is 1.05. The van der Waals surface area contributed by atoms with Gasteiger partial charge in [-0.2, -0.15) is 0 Å². The van der Waals surface area contributed by atoms with E-state index in [1.54, 1.807) is 6.92 Å². The van der Waals surface area contributed by atoms with E-state index in [9.17, 15) is 9.90 Å². The van der Waals surface area contributed by atoms with Crippen molar-refractivity contribution in [2.45, 2.75) is 13.0 Å². The minimum absolute atomic E-state index is 0.0376. The Balaban J connectivity index is 2.77.